The van der Waals surface area contributed by atoms with Gasteiger partial charge in [-0.1, -0.05) is 73.5 Å². The first-order chi connectivity index (χ1) is 19.9. The predicted molar refractivity (Wildman–Crippen MR) is 160 cm³/mol. The van der Waals surface area contributed by atoms with Gasteiger partial charge in [-0.25, -0.2) is 13.2 Å². The van der Waals surface area contributed by atoms with Crippen LogP contribution in [0.3, 0.4) is 0 Å². The number of hydrogen-bond donors (Lipinski definition) is 1. The Morgan fingerprint density at radius 3 is 2.24 bits per heavy atom. The molecule has 6 nitrogen and oxygen atoms in total. The maximum absolute atomic E-state index is 14.0. The second-order valence-electron chi connectivity index (χ2n) is 11.2. The van der Waals surface area contributed by atoms with E-state index in [1.807, 2.05) is 48.5 Å². The standard InChI is InChI=1S/C34H35NO5S/c36-33-29-18-9-1-2-10-19-30(29)40-34(37)32(33)31(25-20-21-25)26-14-11-15-27(22-26)35(23-24-12-5-3-6-13-24)41(38,39)28-16-7-4-8-17-28/h3-8,11-17,22,25,31,36H,1-2,9-10,18-21,23H2. The van der Waals surface area contributed by atoms with Crippen LogP contribution in [0.5, 0.6) is 5.75 Å². The summed E-state index contributed by atoms with van der Waals surface area (Å²) < 4.78 is 35.3. The molecule has 2 aliphatic rings. The monoisotopic (exact) mass is 569 g/mol. The summed E-state index contributed by atoms with van der Waals surface area (Å²) in [6.07, 6.45) is 7.29. The second kappa shape index (κ2) is 11.6. The maximum Gasteiger partial charge on any atom is 0.343 e. The number of aryl methyl sites for hydroxylation is 1. The van der Waals surface area contributed by atoms with Gasteiger partial charge in [-0.05, 0) is 73.4 Å². The minimum Gasteiger partial charge on any atom is -0.507 e. The molecule has 0 bridgehead atoms. The maximum atomic E-state index is 14.0. The van der Waals surface area contributed by atoms with Crippen LogP contribution in [-0.2, 0) is 29.4 Å². The van der Waals surface area contributed by atoms with Gasteiger partial charge >= 0.3 is 5.63 Å². The van der Waals surface area contributed by atoms with Crippen LogP contribution in [0.25, 0.3) is 0 Å². The molecule has 1 N–H and O–H groups in total. The highest BCUT2D eigenvalue weighted by Gasteiger charge is 2.39. The van der Waals surface area contributed by atoms with Crippen LogP contribution in [0.1, 0.15) is 72.5 Å². The summed E-state index contributed by atoms with van der Waals surface area (Å²) in [5.74, 6) is 0.486. The number of hydrogen-bond acceptors (Lipinski definition) is 5. The third-order valence-electron chi connectivity index (χ3n) is 8.32. The van der Waals surface area contributed by atoms with Gasteiger partial charge in [0.15, 0.2) is 0 Å². The SMILES string of the molecule is O=c1oc2c(c(O)c1C(c1cccc(N(Cc3ccccc3)S(=O)(=O)c3ccccc3)c1)C1CC1)CCCCCC2. The van der Waals surface area contributed by atoms with Crippen LogP contribution in [-0.4, -0.2) is 13.5 Å². The number of aromatic hydroxyl groups is 1. The summed E-state index contributed by atoms with van der Waals surface area (Å²) in [5.41, 5.74) is 2.76. The van der Waals surface area contributed by atoms with Crippen molar-refractivity contribution in [2.24, 2.45) is 5.92 Å². The lowest BCUT2D eigenvalue weighted by Gasteiger charge is -2.27. The van der Waals surface area contributed by atoms with E-state index in [2.05, 4.69) is 0 Å². The Morgan fingerprint density at radius 1 is 0.854 bits per heavy atom. The van der Waals surface area contributed by atoms with Gasteiger partial charge in [0.25, 0.3) is 10.0 Å². The van der Waals surface area contributed by atoms with Crippen molar-refractivity contribution in [1.82, 2.24) is 0 Å². The molecule has 1 fully saturated rings. The van der Waals surface area contributed by atoms with Crippen molar-refractivity contribution < 1.29 is 17.9 Å². The Labute approximate surface area is 241 Å². The summed E-state index contributed by atoms with van der Waals surface area (Å²) in [6.45, 7) is 0.155. The molecule has 1 heterocycles. The first kappa shape index (κ1) is 27.3. The lowest BCUT2D eigenvalue weighted by molar-refractivity contribution is 0.382. The number of benzene rings is 3. The highest BCUT2D eigenvalue weighted by atomic mass is 32.2. The zero-order valence-corrected chi connectivity index (χ0v) is 23.9. The Bertz CT molecular complexity index is 1680. The van der Waals surface area contributed by atoms with E-state index in [0.29, 0.717) is 29.9 Å². The Hall–Kier alpha value is -3.84. The molecule has 4 aromatic rings. The number of fused-ring (bicyclic) bond motifs is 1. The van der Waals surface area contributed by atoms with Crippen molar-refractivity contribution >= 4 is 15.7 Å². The third kappa shape index (κ3) is 5.68. The molecule has 1 aromatic heterocycles. The Kier molecular flexibility index (Phi) is 7.71. The van der Waals surface area contributed by atoms with Gasteiger partial charge in [-0.3, -0.25) is 4.31 Å². The zero-order valence-electron chi connectivity index (χ0n) is 23.0. The van der Waals surface area contributed by atoms with Crippen LogP contribution in [0.15, 0.2) is 99.0 Å². The van der Waals surface area contributed by atoms with Gasteiger partial charge in [-0.2, -0.15) is 0 Å². The second-order valence-corrected chi connectivity index (χ2v) is 13.1. The van der Waals surface area contributed by atoms with Gasteiger partial charge in [0.2, 0.25) is 0 Å². The Balaban J connectivity index is 1.45. The molecule has 1 unspecified atom stereocenters. The molecule has 0 amide bonds. The van der Waals surface area contributed by atoms with Crippen molar-refractivity contribution in [2.75, 3.05) is 4.31 Å². The van der Waals surface area contributed by atoms with E-state index in [1.165, 1.54) is 4.31 Å². The topological polar surface area (TPSA) is 87.8 Å². The van der Waals surface area contributed by atoms with Crippen LogP contribution in [0, 0.1) is 5.92 Å². The molecule has 212 valence electrons. The minimum atomic E-state index is -3.90. The number of sulfonamides is 1. The summed E-state index contributed by atoms with van der Waals surface area (Å²) in [6, 6.07) is 25.4. The van der Waals surface area contributed by atoms with Gasteiger partial charge in [0, 0.05) is 17.9 Å². The molecule has 0 aliphatic heterocycles. The molecule has 1 atom stereocenters. The molecule has 41 heavy (non-hydrogen) atoms. The summed E-state index contributed by atoms with van der Waals surface area (Å²) in [5, 5.41) is 11.5. The van der Waals surface area contributed by atoms with Gasteiger partial charge < -0.3 is 9.52 Å². The highest BCUT2D eigenvalue weighted by Crippen LogP contribution is 2.49. The van der Waals surface area contributed by atoms with Crippen LogP contribution in [0.2, 0.25) is 0 Å². The van der Waals surface area contributed by atoms with Gasteiger partial charge in [-0.15, -0.1) is 0 Å². The Morgan fingerprint density at radius 2 is 1.54 bits per heavy atom. The largest absolute Gasteiger partial charge is 0.507 e. The van der Waals surface area contributed by atoms with E-state index >= 15 is 0 Å². The highest BCUT2D eigenvalue weighted by molar-refractivity contribution is 7.92. The molecule has 1 saturated carbocycles. The zero-order chi connectivity index (χ0) is 28.4. The van der Waals surface area contributed by atoms with Crippen molar-refractivity contribution in [3.05, 3.63) is 123 Å². The molecule has 2 aliphatic carbocycles. The van der Waals surface area contributed by atoms with Crippen molar-refractivity contribution in [3.63, 3.8) is 0 Å². The predicted octanol–water partition coefficient (Wildman–Crippen LogP) is 6.94. The fourth-order valence-electron chi connectivity index (χ4n) is 6.06. The molecule has 0 spiro atoms. The van der Waals surface area contributed by atoms with Crippen LogP contribution in [0.4, 0.5) is 5.69 Å². The fourth-order valence-corrected chi connectivity index (χ4v) is 7.52. The lowest BCUT2D eigenvalue weighted by Crippen LogP contribution is -2.30. The summed E-state index contributed by atoms with van der Waals surface area (Å²) in [4.78, 5) is 13.6. The molecule has 3 aromatic carbocycles. The molecule has 0 radical (unpaired) electrons. The number of anilines is 1. The number of nitrogens with zero attached hydrogens (tertiary/aromatic N) is 1. The van der Waals surface area contributed by atoms with E-state index in [0.717, 1.165) is 55.2 Å². The number of rotatable bonds is 8. The fraction of sp³-hybridized carbons (Fsp3) is 0.324. The van der Waals surface area contributed by atoms with Crippen LogP contribution >= 0.6 is 0 Å². The van der Waals surface area contributed by atoms with E-state index in [1.54, 1.807) is 36.4 Å². The smallest absolute Gasteiger partial charge is 0.343 e. The summed E-state index contributed by atoms with van der Waals surface area (Å²) in [7, 11) is -3.90. The average Bonchev–Trinajstić information content (AvgIpc) is 3.81. The van der Waals surface area contributed by atoms with Crippen LogP contribution < -0.4 is 9.93 Å². The lowest BCUT2D eigenvalue weighted by atomic mass is 9.85. The van der Waals surface area contributed by atoms with E-state index in [4.69, 9.17) is 4.42 Å². The average molecular weight is 570 g/mol. The molecule has 0 saturated heterocycles. The quantitative estimate of drug-likeness (QED) is 0.248. The molecule has 6 rings (SSSR count). The summed E-state index contributed by atoms with van der Waals surface area (Å²) >= 11 is 0. The first-order valence-electron chi connectivity index (χ1n) is 14.5. The minimum absolute atomic E-state index is 0.0681. The third-order valence-corrected chi connectivity index (χ3v) is 10.1. The molecule has 7 heteroatoms. The van der Waals surface area contributed by atoms with Gasteiger partial charge in [0.05, 0.1) is 22.7 Å². The molecular weight excluding hydrogens is 534 g/mol. The molecular formula is C34H35NO5S. The van der Waals surface area contributed by atoms with Crippen molar-refractivity contribution in [1.29, 1.82) is 0 Å². The van der Waals surface area contributed by atoms with Crippen molar-refractivity contribution in [3.8, 4) is 5.75 Å². The van der Waals surface area contributed by atoms with E-state index < -0.39 is 15.6 Å². The van der Waals surface area contributed by atoms with E-state index in [9.17, 15) is 18.3 Å². The van der Waals surface area contributed by atoms with E-state index in [-0.39, 0.29) is 29.0 Å². The van der Waals surface area contributed by atoms with Gasteiger partial charge in [0.1, 0.15) is 11.5 Å². The normalized spacial score (nSPS) is 16.3. The van der Waals surface area contributed by atoms with Crippen molar-refractivity contribution in [2.45, 2.75) is 68.7 Å². The first-order valence-corrected chi connectivity index (χ1v) is 16.0.